The SMILES string of the molecule is [N-]=[N+]=Nc1ccccc1[C@H]1OC(c2ccc(OCCCO)cc2)=N[C@@]1(Cc1ccccc1Br)C(=O)NCCc1ccc(Br)cc1. The molecular weight excluding hydrogens is 702 g/mol. The highest BCUT2D eigenvalue weighted by molar-refractivity contribution is 9.10. The van der Waals surface area contributed by atoms with E-state index in [1.165, 1.54) is 0 Å². The smallest absolute Gasteiger partial charge is 0.252 e. The molecule has 0 radical (unpaired) electrons. The number of benzene rings is 4. The van der Waals surface area contributed by atoms with E-state index in [9.17, 15) is 10.3 Å². The van der Waals surface area contributed by atoms with Crippen LogP contribution >= 0.6 is 31.9 Å². The highest BCUT2D eigenvalue weighted by atomic mass is 79.9. The summed E-state index contributed by atoms with van der Waals surface area (Å²) in [6.45, 7) is 0.820. The molecule has 0 spiro atoms. The molecule has 0 saturated carbocycles. The first-order valence-corrected chi connectivity index (χ1v) is 16.0. The van der Waals surface area contributed by atoms with E-state index in [1.807, 2.05) is 66.7 Å². The first kappa shape index (κ1) is 32.2. The normalized spacial score (nSPS) is 17.1. The van der Waals surface area contributed by atoms with Crippen molar-refractivity contribution < 1.29 is 19.4 Å². The molecule has 4 aromatic rings. The van der Waals surface area contributed by atoms with Gasteiger partial charge in [-0.1, -0.05) is 91.6 Å². The van der Waals surface area contributed by atoms with Gasteiger partial charge in [-0.15, -0.1) is 0 Å². The first-order valence-electron chi connectivity index (χ1n) is 14.4. The first-order chi connectivity index (χ1) is 21.9. The van der Waals surface area contributed by atoms with E-state index < -0.39 is 11.6 Å². The largest absolute Gasteiger partial charge is 0.494 e. The summed E-state index contributed by atoms with van der Waals surface area (Å²) in [4.78, 5) is 22.6. The van der Waals surface area contributed by atoms with Crippen molar-refractivity contribution in [2.45, 2.75) is 30.9 Å². The number of ether oxygens (including phenoxy) is 2. The van der Waals surface area contributed by atoms with Gasteiger partial charge < -0.3 is 19.9 Å². The average Bonchev–Trinajstić information content (AvgIpc) is 3.44. The van der Waals surface area contributed by atoms with Gasteiger partial charge in [-0.05, 0) is 65.5 Å². The molecule has 230 valence electrons. The number of hydrogen-bond donors (Lipinski definition) is 2. The van der Waals surface area contributed by atoms with E-state index in [1.54, 1.807) is 30.3 Å². The topological polar surface area (TPSA) is 129 Å². The van der Waals surface area contributed by atoms with Crippen molar-refractivity contribution in [1.29, 1.82) is 0 Å². The van der Waals surface area contributed by atoms with Crippen LogP contribution in [0.4, 0.5) is 5.69 Å². The summed E-state index contributed by atoms with van der Waals surface area (Å²) in [5.41, 5.74) is 11.4. The van der Waals surface area contributed by atoms with Gasteiger partial charge in [-0.3, -0.25) is 4.79 Å². The maximum absolute atomic E-state index is 14.5. The Morgan fingerprint density at radius 2 is 1.76 bits per heavy atom. The van der Waals surface area contributed by atoms with Crippen LogP contribution in [0.3, 0.4) is 0 Å². The number of aliphatic hydroxyl groups excluding tert-OH is 1. The van der Waals surface area contributed by atoms with Crippen LogP contribution in [-0.2, 0) is 22.4 Å². The summed E-state index contributed by atoms with van der Waals surface area (Å²) in [5, 5.41) is 16.1. The maximum atomic E-state index is 14.5. The van der Waals surface area contributed by atoms with Crippen LogP contribution in [0.5, 0.6) is 5.75 Å². The van der Waals surface area contributed by atoms with Crippen molar-refractivity contribution in [1.82, 2.24) is 5.32 Å². The lowest BCUT2D eigenvalue weighted by molar-refractivity contribution is -0.128. The number of rotatable bonds is 13. The van der Waals surface area contributed by atoms with Gasteiger partial charge in [0.2, 0.25) is 5.90 Å². The molecule has 0 aromatic heterocycles. The fraction of sp³-hybridized carbons (Fsp3) is 0.235. The van der Waals surface area contributed by atoms with E-state index in [2.05, 4.69) is 47.2 Å². The monoisotopic (exact) mass is 731 g/mol. The second-order valence-electron chi connectivity index (χ2n) is 10.4. The molecule has 0 bridgehead atoms. The zero-order valence-corrected chi connectivity index (χ0v) is 27.4. The van der Waals surface area contributed by atoms with Gasteiger partial charge >= 0.3 is 0 Å². The Balaban J connectivity index is 1.56. The van der Waals surface area contributed by atoms with E-state index in [0.29, 0.717) is 48.6 Å². The van der Waals surface area contributed by atoms with Crippen LogP contribution in [0, 0.1) is 0 Å². The van der Waals surface area contributed by atoms with Crippen molar-refractivity contribution in [2.24, 2.45) is 10.1 Å². The van der Waals surface area contributed by atoms with Crippen LogP contribution in [0.2, 0.25) is 0 Å². The number of azide groups is 1. The lowest BCUT2D eigenvalue weighted by Gasteiger charge is -2.31. The Kier molecular flexibility index (Phi) is 10.9. The minimum atomic E-state index is -1.45. The third kappa shape index (κ3) is 7.75. The Bertz CT molecular complexity index is 1710. The minimum Gasteiger partial charge on any atom is -0.494 e. The molecule has 9 nitrogen and oxygen atoms in total. The molecule has 0 unspecified atom stereocenters. The summed E-state index contributed by atoms with van der Waals surface area (Å²) in [6, 6.07) is 30.0. The zero-order chi connectivity index (χ0) is 31.6. The van der Waals surface area contributed by atoms with Crippen molar-refractivity contribution in [3.63, 3.8) is 0 Å². The molecule has 5 rings (SSSR count). The van der Waals surface area contributed by atoms with Gasteiger partial charge in [0.25, 0.3) is 5.91 Å². The molecular formula is C34H31Br2N5O4. The van der Waals surface area contributed by atoms with Crippen LogP contribution in [-0.4, -0.2) is 42.2 Å². The number of nitrogens with one attached hydrogen (secondary N) is 1. The van der Waals surface area contributed by atoms with E-state index in [-0.39, 0.29) is 24.8 Å². The Morgan fingerprint density at radius 3 is 2.49 bits per heavy atom. The molecule has 4 aromatic carbocycles. The summed E-state index contributed by atoms with van der Waals surface area (Å²) >= 11 is 7.12. The van der Waals surface area contributed by atoms with E-state index >= 15 is 0 Å². The predicted molar refractivity (Wildman–Crippen MR) is 181 cm³/mol. The quantitative estimate of drug-likeness (QED) is 0.0630. The molecule has 0 fully saturated rings. The van der Waals surface area contributed by atoms with Gasteiger partial charge in [-0.25, -0.2) is 4.99 Å². The van der Waals surface area contributed by atoms with Crippen molar-refractivity contribution >= 4 is 49.4 Å². The number of aliphatic hydroxyl groups is 1. The number of carbonyl (C=O) groups excluding carboxylic acids is 1. The molecule has 11 heteroatoms. The number of aliphatic imine (C=N–C) groups is 1. The van der Waals surface area contributed by atoms with E-state index in [0.717, 1.165) is 20.1 Å². The molecule has 1 aliphatic heterocycles. The number of halogens is 2. The molecule has 0 saturated heterocycles. The molecule has 2 atom stereocenters. The van der Waals surface area contributed by atoms with Crippen molar-refractivity contribution in [2.75, 3.05) is 19.8 Å². The van der Waals surface area contributed by atoms with Crippen LogP contribution in [0.1, 0.15) is 34.8 Å². The molecule has 0 aliphatic carbocycles. The number of hydrogen-bond acceptors (Lipinski definition) is 6. The Morgan fingerprint density at radius 1 is 1.02 bits per heavy atom. The molecule has 1 heterocycles. The minimum absolute atomic E-state index is 0.0479. The van der Waals surface area contributed by atoms with Gasteiger partial charge in [0.1, 0.15) is 5.75 Å². The number of carbonyl (C=O) groups is 1. The fourth-order valence-electron chi connectivity index (χ4n) is 5.16. The summed E-state index contributed by atoms with van der Waals surface area (Å²) in [5.74, 6) is 0.615. The third-order valence-corrected chi connectivity index (χ3v) is 8.73. The van der Waals surface area contributed by atoms with Crippen molar-refractivity contribution in [3.8, 4) is 5.75 Å². The highest BCUT2D eigenvalue weighted by Crippen LogP contribution is 2.46. The second kappa shape index (κ2) is 15.2. The van der Waals surface area contributed by atoms with Crippen molar-refractivity contribution in [3.05, 3.63) is 139 Å². The highest BCUT2D eigenvalue weighted by Gasteiger charge is 2.54. The number of amides is 1. The summed E-state index contributed by atoms with van der Waals surface area (Å²) in [6.07, 6.45) is 0.451. The van der Waals surface area contributed by atoms with Crippen LogP contribution in [0.25, 0.3) is 10.4 Å². The number of nitrogens with zero attached hydrogens (tertiary/aromatic N) is 4. The third-order valence-electron chi connectivity index (χ3n) is 7.43. The van der Waals surface area contributed by atoms with Gasteiger partial charge in [0.05, 0.1) is 6.61 Å². The van der Waals surface area contributed by atoms with Crippen LogP contribution < -0.4 is 10.1 Å². The lowest BCUT2D eigenvalue weighted by Crippen LogP contribution is -2.50. The molecule has 45 heavy (non-hydrogen) atoms. The Hall–Kier alpha value is -4.15. The zero-order valence-electron chi connectivity index (χ0n) is 24.3. The Labute approximate surface area is 278 Å². The average molecular weight is 733 g/mol. The van der Waals surface area contributed by atoms with Gasteiger partial charge in [0, 0.05) is 56.7 Å². The molecule has 2 N–H and O–H groups in total. The maximum Gasteiger partial charge on any atom is 0.252 e. The predicted octanol–water partition coefficient (Wildman–Crippen LogP) is 7.77. The van der Waals surface area contributed by atoms with Gasteiger partial charge in [-0.2, -0.15) is 0 Å². The van der Waals surface area contributed by atoms with E-state index in [4.69, 9.17) is 19.6 Å². The lowest BCUT2D eigenvalue weighted by atomic mass is 9.81. The second-order valence-corrected chi connectivity index (χ2v) is 12.2. The standard InChI is InChI=1S/C34H31Br2N5O4/c35-26-14-10-23(11-15-26)18-19-38-33(43)34(22-25-6-1-3-8-29(25)36)31(28-7-2-4-9-30(28)40-41-37)45-32(39-34)24-12-16-27(17-13-24)44-21-5-20-42/h1-4,6-17,31,42H,5,18-22H2,(H,38,43)/t31-,34-/m1/s1. The summed E-state index contributed by atoms with van der Waals surface area (Å²) in [7, 11) is 0. The fourth-order valence-corrected chi connectivity index (χ4v) is 5.85. The molecule has 1 aliphatic rings. The summed E-state index contributed by atoms with van der Waals surface area (Å²) < 4.78 is 14.1. The van der Waals surface area contributed by atoms with Crippen LogP contribution in [0.15, 0.2) is 116 Å². The molecule has 1 amide bonds. The van der Waals surface area contributed by atoms with Gasteiger partial charge in [0.15, 0.2) is 11.6 Å².